The Hall–Kier alpha value is -1.80. The molecule has 1 aromatic carbocycles. The Balaban J connectivity index is 2.69. The van der Waals surface area contributed by atoms with Gasteiger partial charge in [0.1, 0.15) is 11.6 Å². The Labute approximate surface area is 121 Å². The maximum atomic E-state index is 11.9. The maximum absolute atomic E-state index is 11.9. The predicted octanol–water partition coefficient (Wildman–Crippen LogP) is 3.18. The monoisotopic (exact) mass is 321 g/mol. The molecular weight excluding hydrogens is 306 g/mol. The third kappa shape index (κ3) is 5.14. The van der Waals surface area contributed by atoms with Crippen molar-refractivity contribution in [3.8, 4) is 6.07 Å². The van der Waals surface area contributed by atoms with Gasteiger partial charge < -0.3 is 10.6 Å². The molecule has 2 N–H and O–H groups in total. The summed E-state index contributed by atoms with van der Waals surface area (Å²) >= 11 is 3.32. The lowest BCUT2D eigenvalue weighted by molar-refractivity contribution is -0.112. The number of hydrogen-bond donors (Lipinski definition) is 2. The first-order valence-corrected chi connectivity index (χ1v) is 6.79. The van der Waals surface area contributed by atoms with Gasteiger partial charge in [-0.15, -0.1) is 0 Å². The normalized spacial score (nSPS) is 12.4. The summed E-state index contributed by atoms with van der Waals surface area (Å²) in [5.74, 6) is -0.416. The predicted molar refractivity (Wildman–Crippen MR) is 79.4 cm³/mol. The molecule has 0 aliphatic heterocycles. The van der Waals surface area contributed by atoms with Gasteiger partial charge in [0.2, 0.25) is 0 Å². The van der Waals surface area contributed by atoms with E-state index >= 15 is 0 Å². The molecule has 5 heteroatoms. The van der Waals surface area contributed by atoms with Gasteiger partial charge in [0.25, 0.3) is 5.91 Å². The number of hydrogen-bond acceptors (Lipinski definition) is 3. The summed E-state index contributed by atoms with van der Waals surface area (Å²) in [6.45, 7) is 4.01. The van der Waals surface area contributed by atoms with Crippen LogP contribution in [-0.2, 0) is 4.79 Å². The van der Waals surface area contributed by atoms with Crippen LogP contribution >= 0.6 is 15.9 Å². The van der Waals surface area contributed by atoms with Crippen molar-refractivity contribution in [2.45, 2.75) is 26.3 Å². The van der Waals surface area contributed by atoms with Crippen molar-refractivity contribution in [1.82, 2.24) is 5.32 Å². The average molecular weight is 322 g/mol. The number of amides is 1. The lowest BCUT2D eigenvalue weighted by Gasteiger charge is -2.09. The highest BCUT2D eigenvalue weighted by Gasteiger charge is 2.09. The second kappa shape index (κ2) is 7.59. The number of carbonyl (C=O) groups is 1. The van der Waals surface area contributed by atoms with Crippen molar-refractivity contribution in [1.29, 1.82) is 5.26 Å². The summed E-state index contributed by atoms with van der Waals surface area (Å²) < 4.78 is 0.931. The number of carbonyl (C=O) groups excluding carboxylic acids is 1. The summed E-state index contributed by atoms with van der Waals surface area (Å²) in [6.07, 6.45) is 2.38. The van der Waals surface area contributed by atoms with Crippen molar-refractivity contribution in [3.05, 3.63) is 40.5 Å². The van der Waals surface area contributed by atoms with Crippen LogP contribution in [0.1, 0.15) is 20.3 Å². The zero-order chi connectivity index (χ0) is 14.3. The summed E-state index contributed by atoms with van der Waals surface area (Å²) in [7, 11) is 0. The Morgan fingerprint density at radius 3 is 2.63 bits per heavy atom. The minimum atomic E-state index is -0.416. The van der Waals surface area contributed by atoms with Crippen LogP contribution in [0, 0.1) is 11.3 Å². The van der Waals surface area contributed by atoms with Gasteiger partial charge in [-0.05, 0) is 37.6 Å². The Morgan fingerprint density at radius 2 is 2.11 bits per heavy atom. The fourth-order valence-corrected chi connectivity index (χ4v) is 1.49. The highest BCUT2D eigenvalue weighted by Crippen LogP contribution is 2.14. The van der Waals surface area contributed by atoms with Crippen molar-refractivity contribution in [3.63, 3.8) is 0 Å². The third-order valence-corrected chi connectivity index (χ3v) is 3.12. The number of halogens is 1. The van der Waals surface area contributed by atoms with Gasteiger partial charge in [0.05, 0.1) is 0 Å². The molecule has 0 aliphatic carbocycles. The van der Waals surface area contributed by atoms with Crippen molar-refractivity contribution < 1.29 is 4.79 Å². The Morgan fingerprint density at radius 1 is 1.47 bits per heavy atom. The maximum Gasteiger partial charge on any atom is 0.267 e. The van der Waals surface area contributed by atoms with E-state index in [0.29, 0.717) is 5.69 Å². The molecule has 1 unspecified atom stereocenters. The van der Waals surface area contributed by atoms with Crippen LogP contribution in [-0.4, -0.2) is 11.9 Å². The highest BCUT2D eigenvalue weighted by atomic mass is 79.9. The molecule has 0 fully saturated rings. The van der Waals surface area contributed by atoms with E-state index in [0.717, 1.165) is 10.9 Å². The molecule has 100 valence electrons. The molecule has 0 aromatic heterocycles. The van der Waals surface area contributed by atoms with Gasteiger partial charge in [0, 0.05) is 22.4 Å². The van der Waals surface area contributed by atoms with Crippen LogP contribution in [0.2, 0.25) is 0 Å². The molecule has 1 aromatic rings. The van der Waals surface area contributed by atoms with Crippen molar-refractivity contribution in [2.24, 2.45) is 0 Å². The third-order valence-electron chi connectivity index (χ3n) is 2.59. The molecule has 0 saturated heterocycles. The molecule has 0 saturated carbocycles. The van der Waals surface area contributed by atoms with E-state index in [4.69, 9.17) is 5.26 Å². The average Bonchev–Trinajstić information content (AvgIpc) is 2.41. The second-order valence-electron chi connectivity index (χ2n) is 4.11. The summed E-state index contributed by atoms with van der Waals surface area (Å²) in [6, 6.07) is 9.29. The molecule has 1 atom stereocenters. The topological polar surface area (TPSA) is 64.9 Å². The molecule has 0 aliphatic rings. The minimum Gasteiger partial charge on any atom is -0.387 e. The van der Waals surface area contributed by atoms with Crippen LogP contribution in [0.5, 0.6) is 0 Å². The van der Waals surface area contributed by atoms with E-state index < -0.39 is 5.91 Å². The van der Waals surface area contributed by atoms with E-state index in [1.54, 1.807) is 12.1 Å². The SMILES string of the molecule is CCC(C)N/C=C(/C#N)C(=O)Nc1ccc(Br)cc1. The summed E-state index contributed by atoms with van der Waals surface area (Å²) in [5, 5.41) is 14.7. The quantitative estimate of drug-likeness (QED) is 0.646. The zero-order valence-corrected chi connectivity index (χ0v) is 12.5. The Kier molecular flexibility index (Phi) is 6.10. The van der Waals surface area contributed by atoms with Crippen LogP contribution in [0.25, 0.3) is 0 Å². The standard InChI is InChI=1S/C14H16BrN3O/c1-3-10(2)17-9-11(8-16)14(19)18-13-6-4-12(15)5-7-13/h4-7,9-10,17H,3H2,1-2H3,(H,18,19)/b11-9-. The van der Waals surface area contributed by atoms with E-state index in [1.807, 2.05) is 32.0 Å². The first kappa shape index (κ1) is 15.3. The smallest absolute Gasteiger partial charge is 0.267 e. The number of benzene rings is 1. The largest absolute Gasteiger partial charge is 0.387 e. The van der Waals surface area contributed by atoms with E-state index in [1.165, 1.54) is 6.20 Å². The van der Waals surface area contributed by atoms with Crippen LogP contribution in [0.15, 0.2) is 40.5 Å². The second-order valence-corrected chi connectivity index (χ2v) is 5.02. The van der Waals surface area contributed by atoms with Gasteiger partial charge in [-0.1, -0.05) is 22.9 Å². The molecule has 4 nitrogen and oxygen atoms in total. The summed E-state index contributed by atoms with van der Waals surface area (Å²) in [4.78, 5) is 11.9. The van der Waals surface area contributed by atoms with Crippen molar-refractivity contribution >= 4 is 27.5 Å². The van der Waals surface area contributed by atoms with Gasteiger partial charge in [-0.3, -0.25) is 4.79 Å². The van der Waals surface area contributed by atoms with E-state index in [2.05, 4.69) is 26.6 Å². The number of nitrogens with one attached hydrogen (secondary N) is 2. The van der Waals surface area contributed by atoms with Gasteiger partial charge in [0.15, 0.2) is 0 Å². The number of nitriles is 1. The molecule has 1 rings (SSSR count). The van der Waals surface area contributed by atoms with Gasteiger partial charge >= 0.3 is 0 Å². The number of rotatable bonds is 5. The van der Waals surface area contributed by atoms with Gasteiger partial charge in [-0.25, -0.2) is 0 Å². The molecule has 0 spiro atoms. The van der Waals surface area contributed by atoms with Gasteiger partial charge in [-0.2, -0.15) is 5.26 Å². The number of nitrogens with zero attached hydrogens (tertiary/aromatic N) is 1. The first-order valence-electron chi connectivity index (χ1n) is 6.00. The van der Waals surface area contributed by atoms with E-state index in [-0.39, 0.29) is 11.6 Å². The van der Waals surface area contributed by atoms with Crippen LogP contribution in [0.3, 0.4) is 0 Å². The molecule has 0 radical (unpaired) electrons. The van der Waals surface area contributed by atoms with E-state index in [9.17, 15) is 4.79 Å². The molecule has 0 bridgehead atoms. The highest BCUT2D eigenvalue weighted by molar-refractivity contribution is 9.10. The molecule has 1 amide bonds. The Bertz CT molecular complexity index is 502. The van der Waals surface area contributed by atoms with Crippen LogP contribution in [0.4, 0.5) is 5.69 Å². The first-order chi connectivity index (χ1) is 9.06. The fourth-order valence-electron chi connectivity index (χ4n) is 1.22. The molecule has 0 heterocycles. The fraction of sp³-hybridized carbons (Fsp3) is 0.286. The lowest BCUT2D eigenvalue weighted by atomic mass is 10.2. The molecular formula is C14H16BrN3O. The van der Waals surface area contributed by atoms with Crippen molar-refractivity contribution in [2.75, 3.05) is 5.32 Å². The zero-order valence-electron chi connectivity index (χ0n) is 10.9. The lowest BCUT2D eigenvalue weighted by Crippen LogP contribution is -2.22. The minimum absolute atomic E-state index is 0.0585. The summed E-state index contributed by atoms with van der Waals surface area (Å²) in [5.41, 5.74) is 0.709. The number of anilines is 1. The van der Waals surface area contributed by atoms with Crippen LogP contribution < -0.4 is 10.6 Å². The molecule has 19 heavy (non-hydrogen) atoms.